The van der Waals surface area contributed by atoms with Crippen molar-refractivity contribution in [1.82, 2.24) is 53.4 Å². The maximum atomic E-state index is 5.20. The Bertz CT molecular complexity index is 2860. The minimum Gasteiger partial charge on any atom is -0.380 e. The highest BCUT2D eigenvalue weighted by Gasteiger charge is 2.32. The van der Waals surface area contributed by atoms with Gasteiger partial charge in [0, 0.05) is 64.1 Å². The minimum atomic E-state index is -0.236. The summed E-state index contributed by atoms with van der Waals surface area (Å²) in [6, 6.07) is 16.4. The third kappa shape index (κ3) is 5.00. The average Bonchev–Trinajstić information content (AvgIpc) is 3.95. The van der Waals surface area contributed by atoms with E-state index >= 15 is 0 Å². The van der Waals surface area contributed by atoms with Gasteiger partial charge in [0.25, 0.3) is 0 Å². The number of nitrogens with zero attached hydrogens (tertiary/aromatic N) is 12. The van der Waals surface area contributed by atoms with Crippen LogP contribution in [0.15, 0.2) is 91.0 Å². The van der Waals surface area contributed by atoms with Crippen molar-refractivity contribution < 1.29 is 0 Å². The van der Waals surface area contributed by atoms with Crippen LogP contribution in [0.25, 0.3) is 56.1 Å². The maximum absolute atomic E-state index is 5.20. The normalized spacial score (nSPS) is 14.7. The van der Waals surface area contributed by atoms with E-state index in [9.17, 15) is 0 Å². The van der Waals surface area contributed by atoms with Crippen LogP contribution in [0.3, 0.4) is 0 Å². The lowest BCUT2D eigenvalue weighted by Crippen LogP contribution is -2.27. The van der Waals surface area contributed by atoms with Crippen molar-refractivity contribution in [2.45, 2.75) is 58.5 Å². The molecule has 0 spiro atoms. The minimum absolute atomic E-state index is 0.207. The zero-order chi connectivity index (χ0) is 36.2. The summed E-state index contributed by atoms with van der Waals surface area (Å²) in [5.74, 6) is 1.48. The SMILES string of the molecule is CC(C)(C)Nc1cc(-n2cccn2)cc2c1C(c1nc3ncnc4nc(-n5cnc6cc(-n7cccn7)cc(NC(C)(C)C)c65)c5ccc1c5n34)C=N2. The Morgan fingerprint density at radius 3 is 2.06 bits per heavy atom. The number of benzene rings is 2. The highest BCUT2D eigenvalue weighted by Crippen LogP contribution is 2.46. The van der Waals surface area contributed by atoms with E-state index in [1.165, 1.54) is 6.33 Å². The maximum Gasteiger partial charge on any atom is 0.240 e. The molecule has 14 nitrogen and oxygen atoms in total. The number of hydrogen-bond acceptors (Lipinski definition) is 10. The van der Waals surface area contributed by atoms with E-state index in [0.717, 1.165) is 67.0 Å². The van der Waals surface area contributed by atoms with Crippen LogP contribution in [0.2, 0.25) is 0 Å². The molecule has 10 rings (SSSR count). The molecule has 0 saturated carbocycles. The van der Waals surface area contributed by atoms with Crippen LogP contribution in [0.5, 0.6) is 0 Å². The van der Waals surface area contributed by atoms with Crippen LogP contribution >= 0.6 is 0 Å². The topological polar surface area (TPSA) is 146 Å². The number of anilines is 2. The van der Waals surface area contributed by atoms with Crippen molar-refractivity contribution in [2.75, 3.05) is 10.6 Å². The van der Waals surface area contributed by atoms with Crippen molar-refractivity contribution in [3.63, 3.8) is 0 Å². The predicted molar refractivity (Wildman–Crippen MR) is 207 cm³/mol. The Hall–Kier alpha value is -6.70. The summed E-state index contributed by atoms with van der Waals surface area (Å²) in [5, 5.41) is 18.3. The van der Waals surface area contributed by atoms with Gasteiger partial charge in [0.15, 0.2) is 5.82 Å². The molecular formula is C39H36N14. The first kappa shape index (κ1) is 31.1. The molecule has 2 N–H and O–H groups in total. The fraction of sp³-hybridized carbons (Fsp3) is 0.231. The van der Waals surface area contributed by atoms with Crippen molar-refractivity contribution in [1.29, 1.82) is 0 Å². The number of rotatable bonds is 6. The van der Waals surface area contributed by atoms with Gasteiger partial charge in [0.1, 0.15) is 12.7 Å². The second-order valence-electron chi connectivity index (χ2n) is 15.6. The van der Waals surface area contributed by atoms with Gasteiger partial charge in [0.05, 0.1) is 50.9 Å². The molecular weight excluding hydrogens is 665 g/mol. The summed E-state index contributed by atoms with van der Waals surface area (Å²) >= 11 is 0. The smallest absolute Gasteiger partial charge is 0.240 e. The monoisotopic (exact) mass is 700 g/mol. The highest BCUT2D eigenvalue weighted by molar-refractivity contribution is 6.07. The van der Waals surface area contributed by atoms with Gasteiger partial charge in [-0.3, -0.25) is 9.56 Å². The van der Waals surface area contributed by atoms with E-state index in [1.54, 1.807) is 12.4 Å². The number of aromatic nitrogens is 11. The Kier molecular flexibility index (Phi) is 6.39. The molecule has 1 aliphatic rings. The number of imidazole rings is 1. The lowest BCUT2D eigenvalue weighted by Gasteiger charge is -2.26. The molecule has 262 valence electrons. The fourth-order valence-corrected chi connectivity index (χ4v) is 7.44. The summed E-state index contributed by atoms with van der Waals surface area (Å²) < 4.78 is 7.70. The van der Waals surface area contributed by atoms with Gasteiger partial charge in [-0.2, -0.15) is 15.2 Å². The number of aliphatic imine (C=N–C) groups is 1. The van der Waals surface area contributed by atoms with Crippen LogP contribution in [0, 0.1) is 0 Å². The molecule has 7 heterocycles. The summed E-state index contributed by atoms with van der Waals surface area (Å²) in [5.41, 5.74) is 8.74. The Balaban J connectivity index is 1.19. The molecule has 0 amide bonds. The van der Waals surface area contributed by atoms with E-state index in [2.05, 4.69) is 107 Å². The molecule has 0 saturated heterocycles. The lowest BCUT2D eigenvalue weighted by molar-refractivity contribution is 0.632. The van der Waals surface area contributed by atoms with Crippen LogP contribution in [0.4, 0.5) is 17.1 Å². The second-order valence-corrected chi connectivity index (χ2v) is 15.6. The van der Waals surface area contributed by atoms with E-state index < -0.39 is 0 Å². The van der Waals surface area contributed by atoms with Gasteiger partial charge >= 0.3 is 0 Å². The first-order chi connectivity index (χ1) is 25.5. The molecule has 0 aliphatic carbocycles. The molecule has 1 unspecified atom stereocenters. The van der Waals surface area contributed by atoms with Crippen molar-refractivity contribution in [3.8, 4) is 17.2 Å². The van der Waals surface area contributed by atoms with Crippen molar-refractivity contribution in [2.24, 2.45) is 4.99 Å². The largest absolute Gasteiger partial charge is 0.380 e. The molecule has 1 aliphatic heterocycles. The van der Waals surface area contributed by atoms with Gasteiger partial charge in [-0.15, -0.1) is 0 Å². The molecule has 6 aromatic heterocycles. The Morgan fingerprint density at radius 1 is 0.698 bits per heavy atom. The second kappa shape index (κ2) is 10.9. The highest BCUT2D eigenvalue weighted by atomic mass is 15.3. The first-order valence-electron chi connectivity index (χ1n) is 17.5. The summed E-state index contributed by atoms with van der Waals surface area (Å²) in [6.45, 7) is 12.9. The van der Waals surface area contributed by atoms with Crippen LogP contribution in [-0.4, -0.2) is 70.7 Å². The first-order valence-corrected chi connectivity index (χ1v) is 17.5. The number of nitrogens with one attached hydrogen (secondary N) is 2. The standard InChI is InChI=1S/C39H36N14/c1-38(2,3)48-28-16-22(51-13-7-11-44-51)15-27-31(28)26(19-40-27)32-24-9-10-25-33(24)53-36(46-32)41-20-42-37(53)47-35(25)50-21-43-29-17-23(52-14-8-12-45-52)18-30(34(29)50)49-39(4,5)6/h7-21,26,48-49H,1-6H3. The van der Waals surface area contributed by atoms with Gasteiger partial charge < -0.3 is 10.6 Å². The van der Waals surface area contributed by atoms with Crippen molar-refractivity contribution >= 4 is 62.2 Å². The van der Waals surface area contributed by atoms with Gasteiger partial charge in [0.2, 0.25) is 11.6 Å². The summed E-state index contributed by atoms with van der Waals surface area (Å²) in [6.07, 6.45) is 12.8. The van der Waals surface area contributed by atoms with Crippen molar-refractivity contribution in [3.05, 3.63) is 97.2 Å². The molecule has 9 aromatic rings. The summed E-state index contributed by atoms with van der Waals surface area (Å²) in [7, 11) is 0. The number of hydrogen-bond donors (Lipinski definition) is 2. The van der Waals surface area contributed by atoms with E-state index in [-0.39, 0.29) is 17.0 Å². The van der Waals surface area contributed by atoms with E-state index in [0.29, 0.717) is 17.4 Å². The molecule has 3 aromatic carbocycles. The third-order valence-corrected chi connectivity index (χ3v) is 9.36. The molecule has 0 fully saturated rings. The van der Waals surface area contributed by atoms with Gasteiger partial charge in [-0.05, 0) is 84.0 Å². The fourth-order valence-electron chi connectivity index (χ4n) is 7.44. The predicted octanol–water partition coefficient (Wildman–Crippen LogP) is 7.24. The van der Waals surface area contributed by atoms with Crippen LogP contribution in [0.1, 0.15) is 58.7 Å². The summed E-state index contributed by atoms with van der Waals surface area (Å²) in [4.78, 5) is 29.5. The molecule has 14 heteroatoms. The zero-order valence-corrected chi connectivity index (χ0v) is 30.1. The van der Waals surface area contributed by atoms with Crippen LogP contribution < -0.4 is 10.6 Å². The molecule has 1 atom stereocenters. The quantitative estimate of drug-likeness (QED) is 0.183. The van der Waals surface area contributed by atoms with E-state index in [4.69, 9.17) is 19.9 Å². The third-order valence-electron chi connectivity index (χ3n) is 9.36. The molecule has 0 bridgehead atoms. The lowest BCUT2D eigenvalue weighted by atomic mass is 9.92. The van der Waals surface area contributed by atoms with Gasteiger partial charge in [-0.25, -0.2) is 33.7 Å². The van der Waals surface area contributed by atoms with E-state index in [1.807, 2.05) is 56.9 Å². The zero-order valence-electron chi connectivity index (χ0n) is 30.1. The number of fused-ring (bicyclic) bond motifs is 2. The van der Waals surface area contributed by atoms with Gasteiger partial charge in [-0.1, -0.05) is 6.07 Å². The Labute approximate surface area is 303 Å². The van der Waals surface area contributed by atoms with Crippen LogP contribution in [-0.2, 0) is 0 Å². The Morgan fingerprint density at radius 2 is 1.36 bits per heavy atom. The average molecular weight is 701 g/mol. The molecule has 53 heavy (non-hydrogen) atoms. The molecule has 0 radical (unpaired) electrons.